The Kier molecular flexibility index (Phi) is 4.74. The lowest BCUT2D eigenvalue weighted by molar-refractivity contribution is -0.136. The van der Waals surface area contributed by atoms with Gasteiger partial charge in [0.1, 0.15) is 17.6 Å². The number of carbonyl (C=O) groups is 3. The van der Waals surface area contributed by atoms with Crippen LogP contribution in [-0.4, -0.2) is 75.2 Å². The van der Waals surface area contributed by atoms with Crippen LogP contribution in [0.15, 0.2) is 24.3 Å². The topological polar surface area (TPSA) is 100 Å². The monoisotopic (exact) mass is 370 g/mol. The van der Waals surface area contributed by atoms with Crippen LogP contribution in [0.3, 0.4) is 0 Å². The number of rotatable bonds is 3. The molecule has 9 nitrogen and oxygen atoms in total. The molecule has 9 heteroatoms. The standard InChI is InChI=1S/C18H22N6O3/c25-16-10-13(11-19-16)18(27)23-7-3-6-22(8-9-23)17(26)12-24-20-14-4-1-2-5-15(14)21-24/h1-2,4-5,13H,3,6-12H2,(H,19,25). The Morgan fingerprint density at radius 1 is 1.04 bits per heavy atom. The summed E-state index contributed by atoms with van der Waals surface area (Å²) < 4.78 is 0. The van der Waals surface area contributed by atoms with E-state index in [1.165, 1.54) is 4.80 Å². The first-order valence-corrected chi connectivity index (χ1v) is 9.23. The summed E-state index contributed by atoms with van der Waals surface area (Å²) in [5.41, 5.74) is 1.52. The van der Waals surface area contributed by atoms with Crippen LogP contribution in [0.2, 0.25) is 0 Å². The second-order valence-corrected chi connectivity index (χ2v) is 6.98. The molecule has 1 N–H and O–H groups in total. The Morgan fingerprint density at radius 2 is 1.70 bits per heavy atom. The first-order valence-electron chi connectivity index (χ1n) is 9.23. The van der Waals surface area contributed by atoms with E-state index >= 15 is 0 Å². The summed E-state index contributed by atoms with van der Waals surface area (Å²) in [7, 11) is 0. The molecule has 27 heavy (non-hydrogen) atoms. The van der Waals surface area contributed by atoms with Crippen molar-refractivity contribution in [3.05, 3.63) is 24.3 Å². The highest BCUT2D eigenvalue weighted by atomic mass is 16.2. The van der Waals surface area contributed by atoms with Gasteiger partial charge in [0.15, 0.2) is 0 Å². The number of carbonyl (C=O) groups excluding carboxylic acids is 3. The smallest absolute Gasteiger partial charge is 0.246 e. The van der Waals surface area contributed by atoms with E-state index in [1.807, 2.05) is 24.3 Å². The van der Waals surface area contributed by atoms with E-state index in [9.17, 15) is 14.4 Å². The summed E-state index contributed by atoms with van der Waals surface area (Å²) in [4.78, 5) is 41.5. The van der Waals surface area contributed by atoms with Gasteiger partial charge in [0.2, 0.25) is 17.7 Å². The van der Waals surface area contributed by atoms with Gasteiger partial charge in [-0.05, 0) is 18.6 Å². The predicted octanol–water partition coefficient (Wildman–Crippen LogP) is -0.372. The number of fused-ring (bicyclic) bond motifs is 1. The molecule has 4 rings (SSSR count). The lowest BCUT2D eigenvalue weighted by atomic mass is 10.1. The molecule has 1 aromatic heterocycles. The Bertz CT molecular complexity index is 846. The average Bonchev–Trinajstić information content (AvgIpc) is 3.18. The van der Waals surface area contributed by atoms with Gasteiger partial charge >= 0.3 is 0 Å². The number of amides is 3. The minimum Gasteiger partial charge on any atom is -0.355 e. The molecule has 1 aromatic carbocycles. The van der Waals surface area contributed by atoms with E-state index in [0.717, 1.165) is 17.5 Å². The van der Waals surface area contributed by atoms with Crippen LogP contribution in [0.4, 0.5) is 0 Å². The average molecular weight is 370 g/mol. The molecule has 2 aliphatic heterocycles. The van der Waals surface area contributed by atoms with Crippen molar-refractivity contribution >= 4 is 28.8 Å². The SMILES string of the molecule is O=C1CC(C(=O)N2CCCN(C(=O)Cn3nc4ccccc4n3)CC2)CN1. The van der Waals surface area contributed by atoms with Crippen LogP contribution in [0.5, 0.6) is 0 Å². The maximum Gasteiger partial charge on any atom is 0.246 e. The zero-order valence-corrected chi connectivity index (χ0v) is 15.0. The van der Waals surface area contributed by atoms with Crippen LogP contribution >= 0.6 is 0 Å². The van der Waals surface area contributed by atoms with Gasteiger partial charge in [-0.15, -0.1) is 0 Å². The van der Waals surface area contributed by atoms with E-state index in [0.29, 0.717) is 32.7 Å². The Balaban J connectivity index is 1.35. The number of benzene rings is 1. The van der Waals surface area contributed by atoms with Gasteiger partial charge in [0.25, 0.3) is 0 Å². The summed E-state index contributed by atoms with van der Waals surface area (Å²) in [5.74, 6) is -0.399. The van der Waals surface area contributed by atoms with Crippen molar-refractivity contribution in [1.29, 1.82) is 0 Å². The Hall–Kier alpha value is -2.97. The van der Waals surface area contributed by atoms with E-state index in [4.69, 9.17) is 0 Å². The number of hydrogen-bond donors (Lipinski definition) is 1. The molecule has 142 valence electrons. The minimum absolute atomic E-state index is 0.00245. The number of hydrogen-bond acceptors (Lipinski definition) is 5. The van der Waals surface area contributed by atoms with Crippen molar-refractivity contribution < 1.29 is 14.4 Å². The summed E-state index contributed by atoms with van der Waals surface area (Å²) in [6.45, 7) is 2.69. The van der Waals surface area contributed by atoms with E-state index < -0.39 is 0 Å². The van der Waals surface area contributed by atoms with Crippen LogP contribution in [0, 0.1) is 5.92 Å². The van der Waals surface area contributed by atoms with Crippen molar-refractivity contribution in [2.24, 2.45) is 5.92 Å². The van der Waals surface area contributed by atoms with Gasteiger partial charge in [0, 0.05) is 39.1 Å². The van der Waals surface area contributed by atoms with E-state index in [1.54, 1.807) is 9.80 Å². The largest absolute Gasteiger partial charge is 0.355 e. The number of nitrogens with one attached hydrogen (secondary N) is 1. The van der Waals surface area contributed by atoms with Crippen LogP contribution in [0.1, 0.15) is 12.8 Å². The third-order valence-corrected chi connectivity index (χ3v) is 5.09. The predicted molar refractivity (Wildman–Crippen MR) is 96.4 cm³/mol. The van der Waals surface area contributed by atoms with Gasteiger partial charge in [-0.1, -0.05) is 12.1 Å². The molecule has 2 saturated heterocycles. The van der Waals surface area contributed by atoms with Gasteiger partial charge in [0.05, 0.1) is 5.92 Å². The second-order valence-electron chi connectivity index (χ2n) is 6.98. The Morgan fingerprint density at radius 3 is 2.37 bits per heavy atom. The maximum absolute atomic E-state index is 12.6. The third-order valence-electron chi connectivity index (χ3n) is 5.09. The highest BCUT2D eigenvalue weighted by Crippen LogP contribution is 2.15. The molecule has 0 aliphatic carbocycles. The quantitative estimate of drug-likeness (QED) is 0.794. The molecule has 3 heterocycles. The van der Waals surface area contributed by atoms with E-state index in [-0.39, 0.29) is 36.6 Å². The van der Waals surface area contributed by atoms with Gasteiger partial charge in [-0.3, -0.25) is 14.4 Å². The molecule has 2 aromatic rings. The summed E-state index contributed by atoms with van der Waals surface area (Å²) >= 11 is 0. The first-order chi connectivity index (χ1) is 13.1. The van der Waals surface area contributed by atoms with Crippen molar-refractivity contribution in [2.45, 2.75) is 19.4 Å². The molecule has 1 atom stereocenters. The van der Waals surface area contributed by atoms with Gasteiger partial charge in [-0.25, -0.2) is 0 Å². The molecule has 2 aliphatic rings. The van der Waals surface area contributed by atoms with Crippen molar-refractivity contribution in [3.63, 3.8) is 0 Å². The van der Waals surface area contributed by atoms with Crippen molar-refractivity contribution in [3.8, 4) is 0 Å². The molecule has 1 unspecified atom stereocenters. The molecular formula is C18H22N6O3. The van der Waals surface area contributed by atoms with Crippen molar-refractivity contribution in [1.82, 2.24) is 30.1 Å². The molecule has 0 spiro atoms. The third kappa shape index (κ3) is 3.76. The fourth-order valence-corrected chi connectivity index (χ4v) is 3.62. The normalized spacial score (nSPS) is 20.6. The zero-order valence-electron chi connectivity index (χ0n) is 15.0. The molecule has 0 saturated carbocycles. The molecule has 2 fully saturated rings. The fraction of sp³-hybridized carbons (Fsp3) is 0.500. The van der Waals surface area contributed by atoms with Gasteiger partial charge in [-0.2, -0.15) is 15.0 Å². The summed E-state index contributed by atoms with van der Waals surface area (Å²) in [6, 6.07) is 7.50. The molecule has 0 bridgehead atoms. The molecular weight excluding hydrogens is 348 g/mol. The van der Waals surface area contributed by atoms with E-state index in [2.05, 4.69) is 15.5 Å². The van der Waals surface area contributed by atoms with Crippen LogP contribution in [0.25, 0.3) is 11.0 Å². The highest BCUT2D eigenvalue weighted by Gasteiger charge is 2.32. The van der Waals surface area contributed by atoms with Crippen LogP contribution < -0.4 is 5.32 Å². The van der Waals surface area contributed by atoms with Crippen LogP contribution in [-0.2, 0) is 20.9 Å². The minimum atomic E-state index is -0.277. The Labute approximate surface area is 156 Å². The highest BCUT2D eigenvalue weighted by molar-refractivity contribution is 5.89. The maximum atomic E-state index is 12.6. The number of aromatic nitrogens is 3. The summed E-state index contributed by atoms with van der Waals surface area (Å²) in [5, 5.41) is 11.4. The van der Waals surface area contributed by atoms with Crippen molar-refractivity contribution in [2.75, 3.05) is 32.7 Å². The summed E-state index contributed by atoms with van der Waals surface area (Å²) in [6.07, 6.45) is 0.983. The molecule has 3 amide bonds. The van der Waals surface area contributed by atoms with Gasteiger partial charge < -0.3 is 15.1 Å². The molecule has 0 radical (unpaired) electrons. The number of nitrogens with zero attached hydrogens (tertiary/aromatic N) is 5. The lowest BCUT2D eigenvalue weighted by Crippen LogP contribution is -2.41. The lowest BCUT2D eigenvalue weighted by Gasteiger charge is -2.24. The first kappa shape index (κ1) is 17.4. The fourth-order valence-electron chi connectivity index (χ4n) is 3.62. The zero-order chi connectivity index (χ0) is 18.8. The second kappa shape index (κ2) is 7.34.